The fourth-order valence-corrected chi connectivity index (χ4v) is 2.65. The first-order chi connectivity index (χ1) is 11.7. The minimum Gasteiger partial charge on any atom is -0.450 e. The van der Waals surface area contributed by atoms with Gasteiger partial charge in [-0.1, -0.05) is 30.3 Å². The standard InChI is InChI=1S/C17H19N3O4/c1-2-23-17(22)20-10-8-19(9-11-20)16(21)15-14(18-12-24-15)13-6-4-3-5-7-13/h3-7,12H,2,8-11H2,1H3. The van der Waals surface area contributed by atoms with Gasteiger partial charge >= 0.3 is 6.09 Å². The molecule has 0 radical (unpaired) electrons. The number of ether oxygens (including phenoxy) is 1. The second-order valence-electron chi connectivity index (χ2n) is 5.37. The number of oxazole rings is 1. The molecule has 0 spiro atoms. The normalized spacial score (nSPS) is 14.5. The molecular formula is C17H19N3O4. The van der Waals surface area contributed by atoms with Crippen LogP contribution < -0.4 is 0 Å². The second kappa shape index (κ2) is 7.16. The Labute approximate surface area is 139 Å². The molecule has 2 amide bonds. The van der Waals surface area contributed by atoms with E-state index in [0.29, 0.717) is 38.5 Å². The minimum atomic E-state index is -0.339. The number of nitrogens with zero attached hydrogens (tertiary/aromatic N) is 3. The van der Waals surface area contributed by atoms with E-state index in [1.54, 1.807) is 16.7 Å². The number of amides is 2. The third kappa shape index (κ3) is 3.24. The lowest BCUT2D eigenvalue weighted by atomic mass is 10.1. The van der Waals surface area contributed by atoms with Gasteiger partial charge in [0.05, 0.1) is 6.61 Å². The molecule has 1 aliphatic heterocycles. The number of benzene rings is 1. The number of aromatic nitrogens is 1. The molecule has 0 bridgehead atoms. The highest BCUT2D eigenvalue weighted by molar-refractivity contribution is 5.97. The van der Waals surface area contributed by atoms with Gasteiger partial charge in [-0.05, 0) is 6.92 Å². The van der Waals surface area contributed by atoms with Crippen LogP contribution in [0.1, 0.15) is 17.5 Å². The zero-order valence-corrected chi connectivity index (χ0v) is 13.5. The van der Waals surface area contributed by atoms with Crippen LogP contribution in [0.25, 0.3) is 11.3 Å². The van der Waals surface area contributed by atoms with Crippen LogP contribution in [0.5, 0.6) is 0 Å². The third-order valence-electron chi connectivity index (χ3n) is 3.90. The average molecular weight is 329 g/mol. The molecule has 0 aliphatic carbocycles. The van der Waals surface area contributed by atoms with Gasteiger partial charge in [-0.15, -0.1) is 0 Å². The van der Waals surface area contributed by atoms with Crippen LogP contribution in [-0.4, -0.2) is 59.6 Å². The Balaban J connectivity index is 1.69. The first-order valence-corrected chi connectivity index (χ1v) is 7.90. The Hall–Kier alpha value is -2.83. The Morgan fingerprint density at radius 2 is 1.79 bits per heavy atom. The predicted molar refractivity (Wildman–Crippen MR) is 86.4 cm³/mol. The summed E-state index contributed by atoms with van der Waals surface area (Å²) >= 11 is 0. The van der Waals surface area contributed by atoms with E-state index in [-0.39, 0.29) is 17.8 Å². The van der Waals surface area contributed by atoms with Crippen molar-refractivity contribution in [3.05, 3.63) is 42.5 Å². The highest BCUT2D eigenvalue weighted by Crippen LogP contribution is 2.23. The van der Waals surface area contributed by atoms with Crippen LogP contribution in [0, 0.1) is 0 Å². The molecule has 126 valence electrons. The lowest BCUT2D eigenvalue weighted by Crippen LogP contribution is -2.50. The molecule has 2 heterocycles. The van der Waals surface area contributed by atoms with Crippen LogP contribution in [0.15, 0.2) is 41.1 Å². The van der Waals surface area contributed by atoms with Crippen molar-refractivity contribution in [2.75, 3.05) is 32.8 Å². The van der Waals surface area contributed by atoms with Gasteiger partial charge in [-0.2, -0.15) is 0 Å². The summed E-state index contributed by atoms with van der Waals surface area (Å²) in [5.41, 5.74) is 1.37. The van der Waals surface area contributed by atoms with Gasteiger partial charge in [0.25, 0.3) is 5.91 Å². The first-order valence-electron chi connectivity index (χ1n) is 7.90. The van der Waals surface area contributed by atoms with Crippen molar-refractivity contribution >= 4 is 12.0 Å². The summed E-state index contributed by atoms with van der Waals surface area (Å²) in [6.45, 7) is 3.88. The number of rotatable bonds is 3. The van der Waals surface area contributed by atoms with E-state index in [1.807, 2.05) is 30.3 Å². The summed E-state index contributed by atoms with van der Waals surface area (Å²) in [6.07, 6.45) is 0.944. The van der Waals surface area contributed by atoms with Gasteiger partial charge in [-0.25, -0.2) is 9.78 Å². The van der Waals surface area contributed by atoms with Crippen molar-refractivity contribution in [2.24, 2.45) is 0 Å². The summed E-state index contributed by atoms with van der Waals surface area (Å²) in [4.78, 5) is 31.9. The van der Waals surface area contributed by atoms with Gasteiger partial charge in [0.1, 0.15) is 5.69 Å². The Kier molecular flexibility index (Phi) is 4.79. The SMILES string of the molecule is CCOC(=O)N1CCN(C(=O)c2ocnc2-c2ccccc2)CC1. The molecule has 1 aliphatic rings. The molecule has 0 saturated carbocycles. The van der Waals surface area contributed by atoms with Gasteiger partial charge in [0.2, 0.25) is 5.76 Å². The van der Waals surface area contributed by atoms with Crippen molar-refractivity contribution in [1.82, 2.24) is 14.8 Å². The van der Waals surface area contributed by atoms with Gasteiger partial charge < -0.3 is 19.0 Å². The lowest BCUT2D eigenvalue weighted by molar-refractivity contribution is 0.0547. The fraction of sp³-hybridized carbons (Fsp3) is 0.353. The van der Waals surface area contributed by atoms with E-state index in [9.17, 15) is 9.59 Å². The highest BCUT2D eigenvalue weighted by Gasteiger charge is 2.29. The number of hydrogen-bond acceptors (Lipinski definition) is 5. The Morgan fingerprint density at radius 1 is 1.12 bits per heavy atom. The van der Waals surface area contributed by atoms with E-state index in [0.717, 1.165) is 5.56 Å². The first kappa shape index (κ1) is 16.0. The molecule has 3 rings (SSSR count). The van der Waals surface area contributed by atoms with Crippen LogP contribution in [-0.2, 0) is 4.74 Å². The van der Waals surface area contributed by atoms with Gasteiger partial charge in [0.15, 0.2) is 6.39 Å². The zero-order chi connectivity index (χ0) is 16.9. The van der Waals surface area contributed by atoms with Crippen molar-refractivity contribution in [3.63, 3.8) is 0 Å². The minimum absolute atomic E-state index is 0.213. The van der Waals surface area contributed by atoms with Crippen molar-refractivity contribution in [3.8, 4) is 11.3 Å². The quantitative estimate of drug-likeness (QED) is 0.863. The molecule has 0 unspecified atom stereocenters. The maximum absolute atomic E-state index is 12.7. The van der Waals surface area contributed by atoms with Crippen molar-refractivity contribution in [1.29, 1.82) is 0 Å². The number of piperazine rings is 1. The van der Waals surface area contributed by atoms with E-state index in [1.165, 1.54) is 6.39 Å². The van der Waals surface area contributed by atoms with E-state index in [2.05, 4.69) is 4.98 Å². The van der Waals surface area contributed by atoms with E-state index < -0.39 is 0 Å². The van der Waals surface area contributed by atoms with Crippen LogP contribution in [0.3, 0.4) is 0 Å². The summed E-state index contributed by atoms with van der Waals surface area (Å²) in [5, 5.41) is 0. The maximum Gasteiger partial charge on any atom is 0.409 e. The monoisotopic (exact) mass is 329 g/mol. The van der Waals surface area contributed by atoms with Crippen molar-refractivity contribution in [2.45, 2.75) is 6.92 Å². The Bertz CT molecular complexity index is 706. The summed E-state index contributed by atoms with van der Waals surface area (Å²) < 4.78 is 10.3. The number of carbonyl (C=O) groups excluding carboxylic acids is 2. The van der Waals surface area contributed by atoms with Gasteiger partial charge in [-0.3, -0.25) is 4.79 Å². The van der Waals surface area contributed by atoms with Crippen LogP contribution in [0.4, 0.5) is 4.79 Å². The van der Waals surface area contributed by atoms with Crippen LogP contribution >= 0.6 is 0 Å². The third-order valence-corrected chi connectivity index (χ3v) is 3.90. The molecule has 1 aromatic heterocycles. The maximum atomic E-state index is 12.7. The lowest BCUT2D eigenvalue weighted by Gasteiger charge is -2.33. The largest absolute Gasteiger partial charge is 0.450 e. The summed E-state index contributed by atoms with van der Waals surface area (Å²) in [6, 6.07) is 9.44. The fourth-order valence-electron chi connectivity index (χ4n) is 2.65. The second-order valence-corrected chi connectivity index (χ2v) is 5.37. The molecule has 1 fully saturated rings. The molecule has 0 atom stereocenters. The molecule has 1 saturated heterocycles. The summed E-state index contributed by atoms with van der Waals surface area (Å²) in [7, 11) is 0. The van der Waals surface area contributed by atoms with Gasteiger partial charge in [0, 0.05) is 31.7 Å². The zero-order valence-electron chi connectivity index (χ0n) is 13.5. The Morgan fingerprint density at radius 3 is 2.46 bits per heavy atom. The molecule has 7 heteroatoms. The summed E-state index contributed by atoms with van der Waals surface area (Å²) in [5.74, 6) is 0.0145. The van der Waals surface area contributed by atoms with Crippen LogP contribution in [0.2, 0.25) is 0 Å². The number of hydrogen-bond donors (Lipinski definition) is 0. The number of carbonyl (C=O) groups is 2. The topological polar surface area (TPSA) is 75.9 Å². The molecule has 24 heavy (non-hydrogen) atoms. The molecule has 2 aromatic rings. The molecule has 7 nitrogen and oxygen atoms in total. The smallest absolute Gasteiger partial charge is 0.409 e. The van der Waals surface area contributed by atoms with Crippen molar-refractivity contribution < 1.29 is 18.7 Å². The molecule has 1 aromatic carbocycles. The molecular weight excluding hydrogens is 310 g/mol. The van der Waals surface area contributed by atoms with E-state index in [4.69, 9.17) is 9.15 Å². The van der Waals surface area contributed by atoms with E-state index >= 15 is 0 Å². The predicted octanol–water partition coefficient (Wildman–Crippen LogP) is 2.26. The highest BCUT2D eigenvalue weighted by atomic mass is 16.6. The molecule has 0 N–H and O–H groups in total. The average Bonchev–Trinajstić information content (AvgIpc) is 3.12.